The molecule has 0 saturated carbocycles. The fourth-order valence-corrected chi connectivity index (χ4v) is 13.3. The van der Waals surface area contributed by atoms with Crippen molar-refractivity contribution in [3.8, 4) is 39.6 Å². The Morgan fingerprint density at radius 2 is 0.494 bits per heavy atom. The molecule has 0 unspecified atom stereocenters. The average molecular weight is 980 g/mol. The minimum Gasteiger partial charge on any atom is -0.309 e. The van der Waals surface area contributed by atoms with Gasteiger partial charge in [-0.15, -0.1) is 0 Å². The molecule has 0 bridgehead atoms. The van der Waals surface area contributed by atoms with E-state index < -0.39 is 0 Å². The van der Waals surface area contributed by atoms with E-state index >= 15 is 0 Å². The molecule has 0 aliphatic heterocycles. The Balaban J connectivity index is 1.00. The maximum atomic E-state index is 2.58. The van der Waals surface area contributed by atoms with Crippen LogP contribution in [-0.4, -0.2) is 22.8 Å². The first-order chi connectivity index (χ1) is 38.2. The smallest absolute Gasteiger partial charge is 0.0641 e. The molecule has 0 radical (unpaired) electrons. The maximum Gasteiger partial charge on any atom is 0.0641 e. The molecule has 0 aliphatic rings. The van der Waals surface area contributed by atoms with E-state index in [-0.39, 0.29) is 0 Å². The molecule has 17 rings (SSSR count). The molecule has 5 heterocycles. The molecule has 17 aromatic rings. The molecular formula is C72H45N5. The minimum atomic E-state index is 1.12. The average Bonchev–Trinajstić information content (AvgIpc) is 4.49. The van der Waals surface area contributed by atoms with Gasteiger partial charge in [-0.2, -0.15) is 0 Å². The number of fused-ring (bicyclic) bond motifs is 17. The van der Waals surface area contributed by atoms with Crippen molar-refractivity contribution in [2.75, 3.05) is 0 Å². The van der Waals surface area contributed by atoms with Crippen LogP contribution in [0.1, 0.15) is 0 Å². The zero-order valence-electron chi connectivity index (χ0n) is 41.7. The highest BCUT2D eigenvalue weighted by molar-refractivity contribution is 6.32. The van der Waals surface area contributed by atoms with E-state index in [0.717, 1.165) is 39.5 Å². The maximum absolute atomic E-state index is 2.58. The van der Waals surface area contributed by atoms with Gasteiger partial charge in [-0.25, -0.2) is 0 Å². The van der Waals surface area contributed by atoms with Crippen molar-refractivity contribution in [1.82, 2.24) is 22.8 Å². The summed E-state index contributed by atoms with van der Waals surface area (Å²) in [5.41, 5.74) is 19.9. The number of nitrogens with zero attached hydrogens (tertiary/aromatic N) is 5. The summed E-state index contributed by atoms with van der Waals surface area (Å²) >= 11 is 0. The summed E-state index contributed by atoms with van der Waals surface area (Å²) in [7, 11) is 0. The van der Waals surface area contributed by atoms with Crippen LogP contribution in [0.2, 0.25) is 0 Å². The minimum absolute atomic E-state index is 1.12. The molecule has 5 heteroatoms. The first-order valence-electron chi connectivity index (χ1n) is 26.5. The van der Waals surface area contributed by atoms with Crippen LogP contribution in [0.25, 0.3) is 149 Å². The van der Waals surface area contributed by atoms with Gasteiger partial charge in [-0.1, -0.05) is 152 Å². The van der Waals surface area contributed by atoms with Crippen molar-refractivity contribution in [3.05, 3.63) is 273 Å². The molecule has 12 aromatic carbocycles. The van der Waals surface area contributed by atoms with Gasteiger partial charge < -0.3 is 22.8 Å². The third-order valence-corrected chi connectivity index (χ3v) is 16.4. The lowest BCUT2D eigenvalue weighted by molar-refractivity contribution is 1.16. The zero-order chi connectivity index (χ0) is 50.3. The van der Waals surface area contributed by atoms with Crippen LogP contribution in [0.5, 0.6) is 0 Å². The Bertz CT molecular complexity index is 5250. The van der Waals surface area contributed by atoms with Gasteiger partial charge in [0.15, 0.2) is 0 Å². The second-order valence-electron chi connectivity index (χ2n) is 20.4. The van der Waals surface area contributed by atoms with Gasteiger partial charge in [0, 0.05) is 82.3 Å². The summed E-state index contributed by atoms with van der Waals surface area (Å²) < 4.78 is 12.3. The van der Waals surface area contributed by atoms with Crippen LogP contribution < -0.4 is 0 Å². The molecule has 0 spiro atoms. The highest BCUT2D eigenvalue weighted by Crippen LogP contribution is 2.48. The second kappa shape index (κ2) is 16.1. The Hall–Kier alpha value is -10.4. The van der Waals surface area contributed by atoms with Crippen LogP contribution in [-0.2, 0) is 0 Å². The molecule has 358 valence electrons. The summed E-state index contributed by atoms with van der Waals surface area (Å²) in [6, 6.07) is 101. The number of para-hydroxylation sites is 7. The molecular weight excluding hydrogens is 935 g/mol. The van der Waals surface area contributed by atoms with Crippen molar-refractivity contribution >= 4 is 109 Å². The fraction of sp³-hybridized carbons (Fsp3) is 0. The Kier molecular flexibility index (Phi) is 8.77. The summed E-state index contributed by atoms with van der Waals surface area (Å²) in [4.78, 5) is 0. The molecule has 5 nitrogen and oxygen atoms in total. The van der Waals surface area contributed by atoms with Gasteiger partial charge in [-0.05, 0) is 132 Å². The molecule has 0 atom stereocenters. The van der Waals surface area contributed by atoms with Gasteiger partial charge >= 0.3 is 0 Å². The summed E-state index contributed by atoms with van der Waals surface area (Å²) in [5, 5.41) is 12.2. The number of hydrogen-bond donors (Lipinski definition) is 0. The number of rotatable bonds is 6. The summed E-state index contributed by atoms with van der Waals surface area (Å²) in [6.07, 6.45) is 0. The van der Waals surface area contributed by atoms with Crippen molar-refractivity contribution in [3.63, 3.8) is 0 Å². The van der Waals surface area contributed by atoms with E-state index in [4.69, 9.17) is 0 Å². The van der Waals surface area contributed by atoms with E-state index in [1.54, 1.807) is 0 Å². The highest BCUT2D eigenvalue weighted by Gasteiger charge is 2.26. The van der Waals surface area contributed by atoms with Crippen LogP contribution in [0.4, 0.5) is 0 Å². The van der Waals surface area contributed by atoms with Crippen LogP contribution >= 0.6 is 0 Å². The largest absolute Gasteiger partial charge is 0.309 e. The van der Waals surface area contributed by atoms with E-state index in [9.17, 15) is 0 Å². The summed E-state index contributed by atoms with van der Waals surface area (Å²) in [5.74, 6) is 0. The first-order valence-corrected chi connectivity index (χ1v) is 26.5. The first kappa shape index (κ1) is 42.0. The monoisotopic (exact) mass is 979 g/mol. The number of aromatic nitrogens is 5. The zero-order valence-corrected chi connectivity index (χ0v) is 41.7. The molecule has 0 aliphatic carbocycles. The number of hydrogen-bond acceptors (Lipinski definition) is 0. The van der Waals surface area contributed by atoms with Gasteiger partial charge in [0.2, 0.25) is 0 Å². The Morgan fingerprint density at radius 3 is 1.00 bits per heavy atom. The Labute approximate surface area is 442 Å². The van der Waals surface area contributed by atoms with Crippen LogP contribution in [0, 0.1) is 0 Å². The second-order valence-corrected chi connectivity index (χ2v) is 20.4. The normalized spacial score (nSPS) is 12.2. The van der Waals surface area contributed by atoms with Crippen molar-refractivity contribution in [1.29, 1.82) is 0 Å². The summed E-state index contributed by atoms with van der Waals surface area (Å²) in [6.45, 7) is 0. The Morgan fingerprint density at radius 1 is 0.169 bits per heavy atom. The number of benzene rings is 12. The molecule has 77 heavy (non-hydrogen) atoms. The predicted octanol–water partition coefficient (Wildman–Crippen LogP) is 18.8. The quantitative estimate of drug-likeness (QED) is 0.159. The predicted molar refractivity (Wildman–Crippen MR) is 324 cm³/mol. The lowest BCUT2D eigenvalue weighted by Crippen LogP contribution is -1.96. The highest BCUT2D eigenvalue weighted by atomic mass is 15.0. The molecule has 0 N–H and O–H groups in total. The molecule has 5 aromatic heterocycles. The third kappa shape index (κ3) is 5.94. The van der Waals surface area contributed by atoms with E-state index in [1.807, 2.05) is 0 Å². The standard InChI is InChI=1S/C72H45N5/c1-5-19-48(20-6-1)73-61-30-16-13-27-53(61)58-43-46(33-38-64(58)73)47-34-39-66-60(44-47)70-68(76(66)52-35-40-65-59(45-52)54-28-14-17-31-62(54)74(65)49-21-7-2-8-22-49)42-37-56-55-36-41-67-69(71(55)77(72(56)70)51-25-11-4-12-26-51)57-29-15-18-32-63(57)75(67)50-23-9-3-10-24-50/h1-45H. The van der Waals surface area contributed by atoms with Crippen molar-refractivity contribution < 1.29 is 0 Å². The third-order valence-electron chi connectivity index (χ3n) is 16.4. The topological polar surface area (TPSA) is 24.6 Å². The van der Waals surface area contributed by atoms with E-state index in [0.29, 0.717) is 0 Å². The molecule has 0 amide bonds. The van der Waals surface area contributed by atoms with Crippen LogP contribution in [0.3, 0.4) is 0 Å². The SMILES string of the molecule is c1ccc(-n2c3ccccc3c3cc(-c4ccc5c(c4)c4c(ccc6c7ccc8c(c9ccccc9n8-c8ccccc8)c7n(-c7ccccc7)c64)n5-c4ccc5c(c4)c4ccccc4n5-c4ccccc4)ccc32)cc1. The van der Waals surface area contributed by atoms with Crippen molar-refractivity contribution in [2.45, 2.75) is 0 Å². The van der Waals surface area contributed by atoms with E-state index in [1.165, 1.54) is 109 Å². The van der Waals surface area contributed by atoms with Gasteiger partial charge in [0.1, 0.15) is 0 Å². The van der Waals surface area contributed by atoms with Gasteiger partial charge in [0.25, 0.3) is 0 Å². The van der Waals surface area contributed by atoms with Gasteiger partial charge in [0.05, 0.1) is 55.2 Å². The van der Waals surface area contributed by atoms with Crippen molar-refractivity contribution in [2.24, 2.45) is 0 Å². The molecule has 0 fully saturated rings. The fourth-order valence-electron chi connectivity index (χ4n) is 13.3. The van der Waals surface area contributed by atoms with E-state index in [2.05, 4.69) is 296 Å². The lowest BCUT2D eigenvalue weighted by Gasteiger charge is -2.11. The van der Waals surface area contributed by atoms with Crippen LogP contribution in [0.15, 0.2) is 273 Å². The van der Waals surface area contributed by atoms with Gasteiger partial charge in [-0.3, -0.25) is 0 Å². The molecule has 0 saturated heterocycles. The lowest BCUT2D eigenvalue weighted by atomic mass is 10.00.